The minimum atomic E-state index is -0.677. The van der Waals surface area contributed by atoms with Gasteiger partial charge in [0.2, 0.25) is 17.6 Å². The minimum absolute atomic E-state index is 0.0664. The number of rotatable bonds is 14. The molecule has 63 heavy (non-hydrogen) atoms. The minimum Gasteiger partial charge on any atom is -0.496 e. The average Bonchev–Trinajstić information content (AvgIpc) is 3.52. The third-order valence-corrected chi connectivity index (χ3v) is 12.0. The van der Waals surface area contributed by atoms with Crippen LogP contribution in [0.15, 0.2) is 53.4 Å². The number of amides is 4. The number of ether oxygens (including phenoxy) is 1. The van der Waals surface area contributed by atoms with E-state index in [4.69, 9.17) is 24.3 Å². The predicted octanol–water partition coefficient (Wildman–Crippen LogP) is 5.94. The lowest BCUT2D eigenvalue weighted by Crippen LogP contribution is -2.52. The molecular weight excluding hydrogens is 807 g/mol. The summed E-state index contributed by atoms with van der Waals surface area (Å²) >= 11 is 0. The molecule has 5 N–H and O–H groups in total. The number of anilines is 4. The number of hydrogen-bond acceptors (Lipinski definition) is 13. The van der Waals surface area contributed by atoms with Gasteiger partial charge >= 0.3 is 0 Å². The smallest absolute Gasteiger partial charge is 0.294 e. The quantitative estimate of drug-likeness (QED) is 0.0631. The highest BCUT2D eigenvalue weighted by atomic mass is 16.5. The van der Waals surface area contributed by atoms with E-state index < -0.39 is 17.9 Å². The first-order valence-electron chi connectivity index (χ1n) is 21.1. The summed E-state index contributed by atoms with van der Waals surface area (Å²) in [5, 5.41) is 22.6. The van der Waals surface area contributed by atoms with Crippen LogP contribution >= 0.6 is 0 Å². The Labute approximate surface area is 360 Å². The summed E-state index contributed by atoms with van der Waals surface area (Å²) in [5.41, 5.74) is 6.79. The van der Waals surface area contributed by atoms with Gasteiger partial charge in [0.05, 0.1) is 35.8 Å². The largest absolute Gasteiger partial charge is 0.496 e. The van der Waals surface area contributed by atoms with E-state index in [1.807, 2.05) is 60.4 Å². The molecule has 1 saturated carbocycles. The molecule has 1 atom stereocenters. The lowest BCUT2D eigenvalue weighted by Gasteiger charge is -2.29. The molecule has 1 aliphatic carbocycles. The molecule has 10 rings (SSSR count). The number of piperidine rings is 1. The molecule has 7 heterocycles. The maximum Gasteiger partial charge on any atom is 0.294 e. The van der Waals surface area contributed by atoms with Gasteiger partial charge in [-0.15, -0.1) is 0 Å². The number of carbonyl (C=O) groups excluding carboxylic acids is 4. The van der Waals surface area contributed by atoms with Crippen LogP contribution in [0.1, 0.15) is 88.6 Å². The zero-order valence-corrected chi connectivity index (χ0v) is 35.2. The van der Waals surface area contributed by atoms with Gasteiger partial charge in [-0.05, 0) is 70.7 Å². The summed E-state index contributed by atoms with van der Waals surface area (Å²) in [5.74, 6) is 1.66. The van der Waals surface area contributed by atoms with Gasteiger partial charge in [-0.3, -0.25) is 24.5 Å². The summed E-state index contributed by atoms with van der Waals surface area (Å²) in [4.78, 5) is 70.3. The Morgan fingerprint density at radius 1 is 1.06 bits per heavy atom. The van der Waals surface area contributed by atoms with Crippen LogP contribution in [-0.4, -0.2) is 87.7 Å². The lowest BCUT2D eigenvalue weighted by atomic mass is 10.0. The van der Waals surface area contributed by atoms with Crippen molar-refractivity contribution < 1.29 is 28.4 Å². The highest BCUT2D eigenvalue weighted by Gasteiger charge is 2.40. The Hall–Kier alpha value is -7.57. The molecule has 5 aromatic heterocycles. The van der Waals surface area contributed by atoms with E-state index in [0.717, 1.165) is 63.3 Å². The Morgan fingerprint density at radius 2 is 1.92 bits per heavy atom. The van der Waals surface area contributed by atoms with Crippen molar-refractivity contribution >= 4 is 68.7 Å². The van der Waals surface area contributed by atoms with Crippen molar-refractivity contribution in [1.29, 1.82) is 0 Å². The number of nitrogens with one attached hydrogen (secondary N) is 5. The van der Waals surface area contributed by atoms with Crippen LogP contribution in [-0.2, 0) is 29.2 Å². The van der Waals surface area contributed by atoms with Crippen molar-refractivity contribution in [3.63, 3.8) is 0 Å². The number of carbonyl (C=O) groups is 4. The van der Waals surface area contributed by atoms with Crippen LogP contribution in [0.4, 0.5) is 23.1 Å². The number of aromatic nitrogens is 8. The number of imidazole rings is 1. The average molecular weight is 852 g/mol. The van der Waals surface area contributed by atoms with Gasteiger partial charge in [0.1, 0.15) is 34.8 Å². The van der Waals surface area contributed by atoms with Crippen molar-refractivity contribution in [2.75, 3.05) is 29.6 Å². The molecule has 7 aromatic rings. The third kappa shape index (κ3) is 7.27. The van der Waals surface area contributed by atoms with Crippen LogP contribution in [0.2, 0.25) is 0 Å². The molecule has 4 amide bonds. The van der Waals surface area contributed by atoms with E-state index in [0.29, 0.717) is 78.1 Å². The normalized spacial score (nSPS) is 16.2. The number of fused-ring (bicyclic) bond motifs is 4. The number of aryl methyl sites for hydroxylation is 4. The fourth-order valence-electron chi connectivity index (χ4n) is 8.68. The van der Waals surface area contributed by atoms with E-state index >= 15 is 0 Å². The molecule has 2 aromatic carbocycles. The Balaban J connectivity index is 0.865. The van der Waals surface area contributed by atoms with Crippen molar-refractivity contribution in [2.45, 2.75) is 84.5 Å². The van der Waals surface area contributed by atoms with Gasteiger partial charge < -0.3 is 39.7 Å². The van der Waals surface area contributed by atoms with E-state index in [1.165, 1.54) is 0 Å². The van der Waals surface area contributed by atoms with Gasteiger partial charge in [0.25, 0.3) is 11.8 Å². The number of nitrogens with zero attached hydrogens (tertiary/aromatic N) is 8. The molecule has 19 heteroatoms. The van der Waals surface area contributed by atoms with Crippen molar-refractivity contribution in [3.8, 4) is 16.9 Å². The predicted molar refractivity (Wildman–Crippen MR) is 232 cm³/mol. The second kappa shape index (κ2) is 15.7. The third-order valence-electron chi connectivity index (χ3n) is 12.0. The van der Waals surface area contributed by atoms with Gasteiger partial charge in [-0.1, -0.05) is 11.2 Å². The van der Waals surface area contributed by atoms with E-state index in [2.05, 4.69) is 36.4 Å². The van der Waals surface area contributed by atoms with Crippen LogP contribution in [0.3, 0.4) is 0 Å². The zero-order valence-electron chi connectivity index (χ0n) is 35.2. The van der Waals surface area contributed by atoms with Crippen LogP contribution < -0.4 is 26.0 Å². The number of benzene rings is 2. The van der Waals surface area contributed by atoms with Crippen LogP contribution in [0.5, 0.6) is 5.75 Å². The molecule has 1 saturated heterocycles. The summed E-state index contributed by atoms with van der Waals surface area (Å²) < 4.78 is 15.2. The fourth-order valence-corrected chi connectivity index (χ4v) is 8.68. The Bertz CT molecular complexity index is 2970. The molecule has 0 bridgehead atoms. The SMILES string of the molecule is CCn1nc(C2CC2)cc1Nc1nc(C(=O)Nc2cn(CCCNc3cccc4c3CN(C3CCC(=O)NC3=O)C4=O)cn2)nc2[nH]c3cc(-c4c(C)noc4C)c(OC)cc3c12. The van der Waals surface area contributed by atoms with E-state index in [-0.39, 0.29) is 30.6 Å². The Kier molecular flexibility index (Phi) is 9.87. The molecule has 322 valence electrons. The van der Waals surface area contributed by atoms with Gasteiger partial charge in [-0.25, -0.2) is 19.6 Å². The van der Waals surface area contributed by atoms with Crippen molar-refractivity contribution in [3.05, 3.63) is 83.0 Å². The lowest BCUT2D eigenvalue weighted by molar-refractivity contribution is -0.136. The number of imide groups is 1. The number of methoxy groups -OCH3 is 1. The molecule has 0 spiro atoms. The summed E-state index contributed by atoms with van der Waals surface area (Å²) in [6, 6.07) is 10.8. The number of H-pyrrole nitrogens is 1. The molecule has 2 aliphatic heterocycles. The van der Waals surface area contributed by atoms with Crippen LogP contribution in [0, 0.1) is 13.8 Å². The molecular formula is C44H45N13O6. The number of hydrogen-bond donors (Lipinski definition) is 5. The zero-order chi connectivity index (χ0) is 43.5. The second-order valence-electron chi connectivity index (χ2n) is 16.2. The van der Waals surface area contributed by atoms with E-state index in [1.54, 1.807) is 30.6 Å². The first-order chi connectivity index (χ1) is 30.6. The molecule has 2 fully saturated rings. The summed E-state index contributed by atoms with van der Waals surface area (Å²) in [6.07, 6.45) is 6.82. The van der Waals surface area contributed by atoms with Crippen molar-refractivity contribution in [2.24, 2.45) is 0 Å². The van der Waals surface area contributed by atoms with Crippen LogP contribution in [0.25, 0.3) is 33.1 Å². The highest BCUT2D eigenvalue weighted by Crippen LogP contribution is 2.43. The monoisotopic (exact) mass is 851 g/mol. The highest BCUT2D eigenvalue weighted by molar-refractivity contribution is 6.14. The molecule has 1 unspecified atom stereocenters. The van der Waals surface area contributed by atoms with E-state index in [9.17, 15) is 19.2 Å². The second-order valence-corrected chi connectivity index (χ2v) is 16.2. The summed E-state index contributed by atoms with van der Waals surface area (Å²) in [7, 11) is 1.62. The Morgan fingerprint density at radius 3 is 2.68 bits per heavy atom. The fraction of sp³-hybridized carbons (Fsp3) is 0.341. The maximum absolute atomic E-state index is 13.9. The first-order valence-corrected chi connectivity index (χ1v) is 21.1. The maximum atomic E-state index is 13.9. The first kappa shape index (κ1) is 39.6. The van der Waals surface area contributed by atoms with Gasteiger partial charge in [0.15, 0.2) is 5.82 Å². The van der Waals surface area contributed by atoms with Gasteiger partial charge in [-0.2, -0.15) is 5.10 Å². The topological polar surface area (TPSA) is 232 Å². The number of aromatic amines is 1. The van der Waals surface area contributed by atoms with Crippen molar-refractivity contribution in [1.82, 2.24) is 49.7 Å². The molecule has 0 radical (unpaired) electrons. The standard InChI is InChI=1S/C44H45N13O6/c1-5-57-35(18-30(53-57)24-10-11-24)49-40-38-26-17-33(62-4)27(37-22(2)54-63-23(37)3)16-31(26)47-39(38)51-41(52-40)43(60)48-34-20-55(21-46-34)15-7-14-45-29-9-6-8-25-28(29)19-56(44(25)61)32-12-13-36(58)50-42(32)59/h6,8-9,16-18,20-21,24,32,45H,5,7,10-15,19H2,1-4H3,(H,48,60)(H,50,58,59)(H2,47,49,51,52). The van der Waals surface area contributed by atoms with Gasteiger partial charge in [0, 0.05) is 84.1 Å². The molecule has 19 nitrogen and oxygen atoms in total. The summed E-state index contributed by atoms with van der Waals surface area (Å²) in [6.45, 7) is 7.87. The molecule has 3 aliphatic rings.